The van der Waals surface area contributed by atoms with Gasteiger partial charge >= 0.3 is 0 Å². The minimum atomic E-state index is 0.0843. The van der Waals surface area contributed by atoms with Crippen molar-refractivity contribution >= 4 is 69.6 Å². The van der Waals surface area contributed by atoms with Crippen molar-refractivity contribution in [1.29, 1.82) is 0 Å². The van der Waals surface area contributed by atoms with Crippen LogP contribution in [0, 0.1) is 0 Å². The number of hydrogen-bond donors (Lipinski definition) is 0. The van der Waals surface area contributed by atoms with Crippen LogP contribution in [-0.2, 0) is 0 Å². The van der Waals surface area contributed by atoms with Crippen molar-refractivity contribution in [1.82, 2.24) is 4.98 Å². The smallest absolute Gasteiger partial charge is 0.221 e. The summed E-state index contributed by atoms with van der Waals surface area (Å²) in [6, 6.07) is 1.60. The highest BCUT2D eigenvalue weighted by Gasteiger charge is 2.23. The summed E-state index contributed by atoms with van der Waals surface area (Å²) in [6.07, 6.45) is 1.44. The summed E-state index contributed by atoms with van der Waals surface area (Å²) in [5.41, 5.74) is 0.829. The van der Waals surface area contributed by atoms with Gasteiger partial charge in [0.25, 0.3) is 0 Å². The van der Waals surface area contributed by atoms with Crippen molar-refractivity contribution in [3.63, 3.8) is 0 Å². The molecule has 1 aromatic heterocycles. The van der Waals surface area contributed by atoms with Gasteiger partial charge in [-0.3, -0.25) is 0 Å². The van der Waals surface area contributed by atoms with Gasteiger partial charge in [0, 0.05) is 17.3 Å². The van der Waals surface area contributed by atoms with Gasteiger partial charge < -0.3 is 4.74 Å². The van der Waals surface area contributed by atoms with Crippen molar-refractivity contribution in [2.24, 2.45) is 0 Å². The van der Waals surface area contributed by atoms with Gasteiger partial charge in [-0.15, -0.1) is 0 Å². The van der Waals surface area contributed by atoms with Crippen LogP contribution >= 0.6 is 69.6 Å². The quantitative estimate of drug-likeness (QED) is 0.421. The molecular formula is C12H5Cl6NO. The lowest BCUT2D eigenvalue weighted by Gasteiger charge is -2.14. The Hall–Kier alpha value is -0.0900. The fourth-order valence-corrected chi connectivity index (χ4v) is 3.11. The van der Waals surface area contributed by atoms with Gasteiger partial charge in [0.2, 0.25) is 5.88 Å². The lowest BCUT2D eigenvalue weighted by Crippen LogP contribution is -1.94. The summed E-state index contributed by atoms with van der Waals surface area (Å²) in [4.78, 5) is 4.05. The first-order chi connectivity index (χ1) is 9.38. The molecule has 8 heteroatoms. The van der Waals surface area contributed by atoms with Crippen LogP contribution in [0.15, 0.2) is 12.3 Å². The second kappa shape index (κ2) is 6.35. The molecule has 1 heterocycles. The molecule has 0 saturated carbocycles. The van der Waals surface area contributed by atoms with Gasteiger partial charge in [-0.25, -0.2) is 4.98 Å². The average molecular weight is 392 g/mol. The van der Waals surface area contributed by atoms with Gasteiger partial charge in [0.1, 0.15) is 0 Å². The summed E-state index contributed by atoms with van der Waals surface area (Å²) in [6.45, 7) is 0. The summed E-state index contributed by atoms with van der Waals surface area (Å²) in [7, 11) is 1.46. The highest BCUT2D eigenvalue weighted by Crippen LogP contribution is 2.49. The van der Waals surface area contributed by atoms with Crippen LogP contribution < -0.4 is 4.74 Å². The molecule has 2 rings (SSSR count). The number of halogens is 6. The van der Waals surface area contributed by atoms with Crippen molar-refractivity contribution in [3.8, 4) is 17.0 Å². The van der Waals surface area contributed by atoms with Crippen molar-refractivity contribution < 1.29 is 4.74 Å². The molecule has 0 amide bonds. The number of nitrogens with zero attached hydrogens (tertiary/aromatic N) is 1. The van der Waals surface area contributed by atoms with E-state index in [0.717, 1.165) is 0 Å². The van der Waals surface area contributed by atoms with Gasteiger partial charge in [-0.1, -0.05) is 69.6 Å². The number of methoxy groups -OCH3 is 1. The standard InChI is InChI=1S/C12H5Cl6NO/c1-20-12-5(2-4(13)3-19-12)6-7(14)9(16)11(18)10(17)8(6)15/h2-3H,1H3. The van der Waals surface area contributed by atoms with E-state index >= 15 is 0 Å². The lowest BCUT2D eigenvalue weighted by atomic mass is 10.1. The molecule has 0 fully saturated rings. The molecule has 2 aromatic rings. The maximum absolute atomic E-state index is 6.21. The first-order valence-electron chi connectivity index (χ1n) is 5.09. The fraction of sp³-hybridized carbons (Fsp3) is 0.0833. The maximum atomic E-state index is 6.21. The Morgan fingerprint density at radius 3 is 1.85 bits per heavy atom. The highest BCUT2D eigenvalue weighted by atomic mass is 35.5. The summed E-state index contributed by atoms with van der Waals surface area (Å²) >= 11 is 36.4. The molecule has 0 radical (unpaired) electrons. The first-order valence-corrected chi connectivity index (χ1v) is 7.36. The number of aromatic nitrogens is 1. The second-order valence-corrected chi connectivity index (χ2v) is 5.98. The first kappa shape index (κ1) is 16.3. The molecule has 0 aliphatic carbocycles. The van der Waals surface area contributed by atoms with Crippen molar-refractivity contribution in [2.45, 2.75) is 0 Å². The van der Waals surface area contributed by atoms with E-state index in [1.165, 1.54) is 13.3 Å². The van der Waals surface area contributed by atoms with Crippen molar-refractivity contribution in [2.75, 3.05) is 7.11 Å². The van der Waals surface area contributed by atoms with Gasteiger partial charge in [-0.2, -0.15) is 0 Å². The van der Waals surface area contributed by atoms with Crippen LogP contribution in [0.1, 0.15) is 0 Å². The van der Waals surface area contributed by atoms with E-state index < -0.39 is 0 Å². The Balaban J connectivity index is 2.86. The largest absolute Gasteiger partial charge is 0.481 e. The molecule has 0 unspecified atom stereocenters. The number of benzene rings is 1. The Bertz CT molecular complexity index is 659. The molecule has 0 atom stereocenters. The predicted molar refractivity (Wildman–Crippen MR) is 86.3 cm³/mol. The molecule has 0 N–H and O–H groups in total. The summed E-state index contributed by atoms with van der Waals surface area (Å²) < 4.78 is 5.17. The van der Waals surface area contributed by atoms with Crippen LogP contribution in [-0.4, -0.2) is 12.1 Å². The van der Waals surface area contributed by atoms with E-state index in [4.69, 9.17) is 74.3 Å². The average Bonchev–Trinajstić information content (AvgIpc) is 2.43. The fourth-order valence-electron chi connectivity index (χ4n) is 1.61. The Morgan fingerprint density at radius 1 is 0.850 bits per heavy atom. The highest BCUT2D eigenvalue weighted by molar-refractivity contribution is 6.56. The monoisotopic (exact) mass is 389 g/mol. The third-order valence-corrected chi connectivity index (χ3v) is 4.97. The SMILES string of the molecule is COc1ncc(Cl)cc1-c1c(Cl)c(Cl)c(Cl)c(Cl)c1Cl. The summed E-state index contributed by atoms with van der Waals surface area (Å²) in [5.74, 6) is 0.285. The Morgan fingerprint density at radius 2 is 1.35 bits per heavy atom. The lowest BCUT2D eigenvalue weighted by molar-refractivity contribution is 0.399. The number of ether oxygens (including phenoxy) is 1. The molecule has 0 aliphatic heterocycles. The molecular weight excluding hydrogens is 387 g/mol. The zero-order valence-corrected chi connectivity index (χ0v) is 14.3. The van der Waals surface area contributed by atoms with E-state index in [1.807, 2.05) is 0 Å². The molecule has 0 spiro atoms. The van der Waals surface area contributed by atoms with Gasteiger partial charge in [0.05, 0.1) is 37.2 Å². The number of pyridine rings is 1. The van der Waals surface area contributed by atoms with Crippen molar-refractivity contribution in [3.05, 3.63) is 42.4 Å². The zero-order chi connectivity index (χ0) is 15.0. The third-order valence-electron chi connectivity index (χ3n) is 2.49. The molecule has 0 aliphatic rings. The molecule has 0 bridgehead atoms. The second-order valence-electron chi connectivity index (χ2n) is 3.66. The molecule has 20 heavy (non-hydrogen) atoms. The van der Waals surface area contributed by atoms with Crippen LogP contribution in [0.5, 0.6) is 5.88 Å². The number of rotatable bonds is 2. The van der Waals surface area contributed by atoms with E-state index in [2.05, 4.69) is 4.98 Å². The normalized spacial score (nSPS) is 10.8. The minimum absolute atomic E-state index is 0.0843. The molecule has 2 nitrogen and oxygen atoms in total. The summed E-state index contributed by atoms with van der Waals surface area (Å²) in [5, 5.41) is 0.956. The zero-order valence-electron chi connectivity index (χ0n) is 9.78. The minimum Gasteiger partial charge on any atom is -0.481 e. The van der Waals surface area contributed by atoms with Gasteiger partial charge in [-0.05, 0) is 6.07 Å². The van der Waals surface area contributed by atoms with E-state index in [1.54, 1.807) is 6.07 Å². The van der Waals surface area contributed by atoms with Gasteiger partial charge in [0.15, 0.2) is 0 Å². The molecule has 0 saturated heterocycles. The van der Waals surface area contributed by atoms with E-state index in [-0.39, 0.29) is 31.0 Å². The predicted octanol–water partition coefficient (Wildman–Crippen LogP) is 6.68. The van der Waals surface area contributed by atoms with Crippen LogP contribution in [0.4, 0.5) is 0 Å². The van der Waals surface area contributed by atoms with E-state index in [9.17, 15) is 0 Å². The maximum Gasteiger partial charge on any atom is 0.221 e. The number of hydrogen-bond acceptors (Lipinski definition) is 2. The van der Waals surface area contributed by atoms with Crippen LogP contribution in [0.3, 0.4) is 0 Å². The Kier molecular flexibility index (Phi) is 5.17. The molecule has 1 aromatic carbocycles. The molecule has 106 valence electrons. The third kappa shape index (κ3) is 2.78. The van der Waals surface area contributed by atoms with E-state index in [0.29, 0.717) is 16.1 Å². The Labute approximate surface area is 145 Å². The topological polar surface area (TPSA) is 22.1 Å². The van der Waals surface area contributed by atoms with Crippen LogP contribution in [0.2, 0.25) is 30.1 Å². The van der Waals surface area contributed by atoms with Crippen LogP contribution in [0.25, 0.3) is 11.1 Å².